The second-order valence-electron chi connectivity index (χ2n) is 5.55. The van der Waals surface area contributed by atoms with Gasteiger partial charge in [-0.25, -0.2) is 4.39 Å². The normalized spacial score (nSPS) is 29.6. The molecule has 1 N–H and O–H groups in total. The smallest absolute Gasteiger partial charge is 0.124 e. The largest absolute Gasteiger partial charge is 0.311 e. The van der Waals surface area contributed by atoms with Crippen LogP contribution in [0.1, 0.15) is 49.3 Å². The second-order valence-corrected chi connectivity index (χ2v) is 5.55. The minimum absolute atomic E-state index is 0.00514. The highest BCUT2D eigenvalue weighted by atomic mass is 19.1. The van der Waals surface area contributed by atoms with Crippen LogP contribution in [-0.4, -0.2) is 23.7 Å². The maximum atomic E-state index is 14.8. The molecule has 0 amide bonds. The first kappa shape index (κ1) is 12.1. The average molecular weight is 248 g/mol. The fraction of sp³-hybridized carbons (Fsp3) is 0.667. The van der Waals surface area contributed by atoms with Gasteiger partial charge >= 0.3 is 0 Å². The number of nitrogens with one attached hydrogen (secondary N) is 1. The lowest BCUT2D eigenvalue weighted by Crippen LogP contribution is -2.44. The molecule has 98 valence electrons. The van der Waals surface area contributed by atoms with Gasteiger partial charge in [-0.1, -0.05) is 12.5 Å². The number of halogens is 1. The lowest BCUT2D eigenvalue weighted by molar-refractivity contribution is 0.173. The van der Waals surface area contributed by atoms with Gasteiger partial charge in [-0.3, -0.25) is 4.98 Å². The van der Waals surface area contributed by atoms with E-state index in [4.69, 9.17) is 0 Å². The van der Waals surface area contributed by atoms with E-state index < -0.39 is 6.17 Å². The fourth-order valence-corrected chi connectivity index (χ4v) is 3.39. The Hall–Kier alpha value is -0.960. The molecule has 3 unspecified atom stereocenters. The van der Waals surface area contributed by atoms with E-state index in [9.17, 15) is 4.39 Å². The average Bonchev–Trinajstić information content (AvgIpc) is 2.47. The molecule has 0 aromatic carbocycles. The monoisotopic (exact) mass is 248 g/mol. The summed E-state index contributed by atoms with van der Waals surface area (Å²) in [7, 11) is 0. The van der Waals surface area contributed by atoms with Crippen molar-refractivity contribution in [1.29, 1.82) is 0 Å². The molecule has 0 radical (unpaired) electrons. The van der Waals surface area contributed by atoms with E-state index in [1.165, 1.54) is 12.0 Å². The van der Waals surface area contributed by atoms with Crippen LogP contribution in [-0.2, 0) is 6.42 Å². The van der Waals surface area contributed by atoms with Gasteiger partial charge in [-0.15, -0.1) is 0 Å². The van der Waals surface area contributed by atoms with Crippen LogP contribution in [0.5, 0.6) is 0 Å². The van der Waals surface area contributed by atoms with Crippen LogP contribution in [0.3, 0.4) is 0 Å². The minimum Gasteiger partial charge on any atom is -0.311 e. The molecule has 1 fully saturated rings. The van der Waals surface area contributed by atoms with Crippen molar-refractivity contribution in [2.24, 2.45) is 0 Å². The highest BCUT2D eigenvalue weighted by molar-refractivity contribution is 5.27. The van der Waals surface area contributed by atoms with Gasteiger partial charge in [-0.05, 0) is 50.3 Å². The van der Waals surface area contributed by atoms with E-state index >= 15 is 0 Å². The Kier molecular flexibility index (Phi) is 3.59. The molecular weight excluding hydrogens is 227 g/mol. The molecule has 1 aromatic heterocycles. The van der Waals surface area contributed by atoms with Crippen molar-refractivity contribution < 1.29 is 4.39 Å². The zero-order valence-corrected chi connectivity index (χ0v) is 10.7. The third-order valence-corrected chi connectivity index (χ3v) is 4.36. The van der Waals surface area contributed by atoms with Crippen LogP contribution in [0, 0.1) is 0 Å². The summed E-state index contributed by atoms with van der Waals surface area (Å²) >= 11 is 0. The molecule has 1 aromatic rings. The van der Waals surface area contributed by atoms with Crippen LogP contribution in [0.2, 0.25) is 0 Å². The number of piperidine rings is 1. The van der Waals surface area contributed by atoms with Crippen molar-refractivity contribution >= 4 is 0 Å². The molecule has 3 rings (SSSR count). The Balaban J connectivity index is 1.80. The Morgan fingerprint density at radius 1 is 1.28 bits per heavy atom. The maximum absolute atomic E-state index is 14.8. The molecule has 1 aliphatic heterocycles. The summed E-state index contributed by atoms with van der Waals surface area (Å²) in [5.74, 6) is 0.00514. The second kappa shape index (κ2) is 5.35. The quantitative estimate of drug-likeness (QED) is 0.870. The molecular formula is C15H21FN2. The fourth-order valence-electron chi connectivity index (χ4n) is 3.39. The molecule has 18 heavy (non-hydrogen) atoms. The van der Waals surface area contributed by atoms with E-state index in [2.05, 4.69) is 16.4 Å². The minimum atomic E-state index is -0.778. The number of hydrogen-bond acceptors (Lipinski definition) is 2. The number of aromatic nitrogens is 1. The number of aryl methyl sites for hydroxylation is 1. The zero-order valence-electron chi connectivity index (χ0n) is 10.7. The van der Waals surface area contributed by atoms with E-state index in [1.54, 1.807) is 6.20 Å². The first-order chi connectivity index (χ1) is 8.86. The first-order valence-corrected chi connectivity index (χ1v) is 7.17. The van der Waals surface area contributed by atoms with Gasteiger partial charge in [0.05, 0.1) is 0 Å². The number of fused-ring (bicyclic) bond motifs is 1. The summed E-state index contributed by atoms with van der Waals surface area (Å²) in [6, 6.07) is 4.11. The third-order valence-electron chi connectivity index (χ3n) is 4.36. The van der Waals surface area contributed by atoms with Gasteiger partial charge < -0.3 is 5.32 Å². The maximum Gasteiger partial charge on any atom is 0.124 e. The van der Waals surface area contributed by atoms with Crippen LogP contribution in [0.15, 0.2) is 18.3 Å². The van der Waals surface area contributed by atoms with E-state index in [-0.39, 0.29) is 12.0 Å². The van der Waals surface area contributed by atoms with Crippen molar-refractivity contribution in [1.82, 2.24) is 10.3 Å². The van der Waals surface area contributed by atoms with Crippen molar-refractivity contribution in [3.63, 3.8) is 0 Å². The summed E-state index contributed by atoms with van der Waals surface area (Å²) in [6.07, 6.45) is 7.43. The van der Waals surface area contributed by atoms with Crippen molar-refractivity contribution in [2.75, 3.05) is 6.54 Å². The van der Waals surface area contributed by atoms with Crippen molar-refractivity contribution in [3.05, 3.63) is 29.6 Å². The van der Waals surface area contributed by atoms with Crippen molar-refractivity contribution in [3.8, 4) is 0 Å². The predicted molar refractivity (Wildman–Crippen MR) is 70.5 cm³/mol. The Morgan fingerprint density at radius 3 is 3.06 bits per heavy atom. The Bertz CT molecular complexity index is 401. The van der Waals surface area contributed by atoms with Gasteiger partial charge in [0.2, 0.25) is 0 Å². The molecule has 2 aliphatic rings. The van der Waals surface area contributed by atoms with Gasteiger partial charge in [0.25, 0.3) is 0 Å². The Morgan fingerprint density at radius 2 is 2.22 bits per heavy atom. The topological polar surface area (TPSA) is 24.9 Å². The van der Waals surface area contributed by atoms with E-state index in [1.807, 2.05) is 6.07 Å². The molecule has 0 saturated carbocycles. The van der Waals surface area contributed by atoms with Gasteiger partial charge in [0, 0.05) is 23.9 Å². The number of alkyl halides is 1. The standard InChI is InChI=1S/C15H21FN2/c16-14(13-8-1-2-9-17-13)12-7-3-5-11-6-4-10-18-15(11)12/h4,6,10,12-14,17H,1-3,5,7-9H2. The van der Waals surface area contributed by atoms with E-state index in [0.29, 0.717) is 0 Å². The molecule has 1 aliphatic carbocycles. The highest BCUT2D eigenvalue weighted by Crippen LogP contribution is 2.36. The van der Waals surface area contributed by atoms with Gasteiger partial charge in [-0.2, -0.15) is 0 Å². The predicted octanol–water partition coefficient (Wildman–Crippen LogP) is 2.98. The number of nitrogens with zero attached hydrogens (tertiary/aromatic N) is 1. The lowest BCUT2D eigenvalue weighted by atomic mass is 9.80. The van der Waals surface area contributed by atoms with E-state index in [0.717, 1.165) is 44.3 Å². The summed E-state index contributed by atoms with van der Waals surface area (Å²) in [5.41, 5.74) is 2.27. The van der Waals surface area contributed by atoms with Gasteiger partial charge in [0.1, 0.15) is 6.17 Å². The van der Waals surface area contributed by atoms with Crippen LogP contribution in [0.25, 0.3) is 0 Å². The lowest BCUT2D eigenvalue weighted by Gasteiger charge is -2.34. The molecule has 3 heteroatoms. The first-order valence-electron chi connectivity index (χ1n) is 7.17. The Labute approximate surface area is 108 Å². The number of pyridine rings is 1. The number of rotatable bonds is 2. The molecule has 2 nitrogen and oxygen atoms in total. The van der Waals surface area contributed by atoms with Crippen LogP contribution < -0.4 is 5.32 Å². The molecule has 3 atom stereocenters. The van der Waals surface area contributed by atoms with Crippen LogP contribution in [0.4, 0.5) is 4.39 Å². The van der Waals surface area contributed by atoms with Gasteiger partial charge in [0.15, 0.2) is 0 Å². The molecule has 0 spiro atoms. The van der Waals surface area contributed by atoms with Crippen molar-refractivity contribution in [2.45, 2.75) is 56.7 Å². The third kappa shape index (κ3) is 2.28. The molecule has 1 saturated heterocycles. The summed E-state index contributed by atoms with van der Waals surface area (Å²) in [6.45, 7) is 0.965. The zero-order chi connectivity index (χ0) is 12.4. The SMILES string of the molecule is FC(C1CCCCN1)C1CCCc2cccnc21. The summed E-state index contributed by atoms with van der Waals surface area (Å²) in [4.78, 5) is 4.45. The summed E-state index contributed by atoms with van der Waals surface area (Å²) in [5, 5.41) is 3.34. The number of hydrogen-bond donors (Lipinski definition) is 1. The summed E-state index contributed by atoms with van der Waals surface area (Å²) < 4.78 is 14.8. The molecule has 0 bridgehead atoms. The van der Waals surface area contributed by atoms with Crippen LogP contribution >= 0.6 is 0 Å². The molecule has 2 heterocycles. The highest BCUT2D eigenvalue weighted by Gasteiger charge is 2.34.